The number of hydrogen-bond acceptors (Lipinski definition) is 3. The Morgan fingerprint density at radius 3 is 2.74 bits per heavy atom. The van der Waals surface area contributed by atoms with Crippen LogP contribution in [0.15, 0.2) is 53.9 Å². The predicted molar refractivity (Wildman–Crippen MR) is 77.6 cm³/mol. The van der Waals surface area contributed by atoms with Gasteiger partial charge in [0.1, 0.15) is 5.82 Å². The third kappa shape index (κ3) is 4.44. The number of thiocarbonyl (C=S) groups is 1. The molecule has 0 radical (unpaired) electrons. The van der Waals surface area contributed by atoms with Crippen molar-refractivity contribution in [1.29, 1.82) is 0 Å². The van der Waals surface area contributed by atoms with Crippen LogP contribution in [-0.4, -0.2) is 16.3 Å². The van der Waals surface area contributed by atoms with Gasteiger partial charge in [-0.25, -0.2) is 4.39 Å². The van der Waals surface area contributed by atoms with Crippen LogP contribution in [0.25, 0.3) is 0 Å². The summed E-state index contributed by atoms with van der Waals surface area (Å²) >= 11 is 5.05. The summed E-state index contributed by atoms with van der Waals surface area (Å²) in [4.78, 5) is 3.95. The van der Waals surface area contributed by atoms with Crippen LogP contribution in [0.2, 0.25) is 0 Å². The van der Waals surface area contributed by atoms with Crippen molar-refractivity contribution in [2.45, 2.75) is 0 Å². The summed E-state index contributed by atoms with van der Waals surface area (Å²) in [7, 11) is 0. The second kappa shape index (κ2) is 6.55. The van der Waals surface area contributed by atoms with E-state index in [0.717, 1.165) is 11.3 Å². The number of benzene rings is 1. The topological polar surface area (TPSA) is 49.3 Å². The standard InChI is InChI=1S/C13H11FN4S/c14-11-5-3-10(4-6-11)8-16-18-13(19)17-12-2-1-7-15-9-12/h1-9H,(H2,17,18,19). The highest BCUT2D eigenvalue weighted by Gasteiger charge is 1.95. The van der Waals surface area contributed by atoms with E-state index in [-0.39, 0.29) is 5.82 Å². The van der Waals surface area contributed by atoms with Crippen molar-refractivity contribution < 1.29 is 4.39 Å². The van der Waals surface area contributed by atoms with Gasteiger partial charge in [-0.05, 0) is 42.0 Å². The van der Waals surface area contributed by atoms with E-state index in [1.807, 2.05) is 6.07 Å². The van der Waals surface area contributed by atoms with Crippen LogP contribution < -0.4 is 10.7 Å². The number of hydrogen-bond donors (Lipinski definition) is 2. The first-order valence-electron chi connectivity index (χ1n) is 5.50. The Morgan fingerprint density at radius 1 is 1.26 bits per heavy atom. The van der Waals surface area contributed by atoms with Crippen LogP contribution in [0, 0.1) is 5.82 Å². The van der Waals surface area contributed by atoms with Crippen LogP contribution >= 0.6 is 12.2 Å². The van der Waals surface area contributed by atoms with Crippen LogP contribution in [0.1, 0.15) is 5.56 Å². The van der Waals surface area contributed by atoms with E-state index in [9.17, 15) is 4.39 Å². The monoisotopic (exact) mass is 274 g/mol. The van der Waals surface area contributed by atoms with Gasteiger partial charge < -0.3 is 5.32 Å². The van der Waals surface area contributed by atoms with Crippen LogP contribution in [0.4, 0.5) is 10.1 Å². The summed E-state index contributed by atoms with van der Waals surface area (Å²) in [6.45, 7) is 0. The van der Waals surface area contributed by atoms with Gasteiger partial charge in [0.25, 0.3) is 0 Å². The zero-order valence-electron chi connectivity index (χ0n) is 9.88. The van der Waals surface area contributed by atoms with Crippen molar-refractivity contribution in [3.8, 4) is 0 Å². The molecule has 19 heavy (non-hydrogen) atoms. The predicted octanol–water partition coefficient (Wildman–Crippen LogP) is 2.54. The molecule has 2 N–H and O–H groups in total. The number of hydrazone groups is 1. The maximum Gasteiger partial charge on any atom is 0.191 e. The molecule has 0 atom stereocenters. The number of rotatable bonds is 3. The zero-order valence-corrected chi connectivity index (χ0v) is 10.7. The lowest BCUT2D eigenvalue weighted by atomic mass is 10.2. The van der Waals surface area contributed by atoms with E-state index >= 15 is 0 Å². The first-order chi connectivity index (χ1) is 9.24. The second-order valence-corrected chi connectivity index (χ2v) is 4.03. The Hall–Kier alpha value is -2.34. The molecule has 0 aliphatic rings. The lowest BCUT2D eigenvalue weighted by Gasteiger charge is -2.05. The number of nitrogens with zero attached hydrogens (tertiary/aromatic N) is 2. The first-order valence-corrected chi connectivity index (χ1v) is 5.90. The fraction of sp³-hybridized carbons (Fsp3) is 0. The van der Waals surface area contributed by atoms with E-state index < -0.39 is 0 Å². The van der Waals surface area contributed by atoms with Gasteiger partial charge in [-0.1, -0.05) is 12.1 Å². The summed E-state index contributed by atoms with van der Waals surface area (Å²) in [6, 6.07) is 9.62. The van der Waals surface area contributed by atoms with Crippen LogP contribution in [-0.2, 0) is 0 Å². The second-order valence-electron chi connectivity index (χ2n) is 3.62. The molecule has 0 aliphatic carbocycles. The Morgan fingerprint density at radius 2 is 2.05 bits per heavy atom. The average molecular weight is 274 g/mol. The molecule has 0 saturated heterocycles. The molecule has 0 spiro atoms. The van der Waals surface area contributed by atoms with Gasteiger partial charge in [-0.2, -0.15) is 5.10 Å². The van der Waals surface area contributed by atoms with Crippen molar-refractivity contribution in [2.24, 2.45) is 5.10 Å². The van der Waals surface area contributed by atoms with Crippen molar-refractivity contribution in [2.75, 3.05) is 5.32 Å². The Kier molecular flexibility index (Phi) is 4.52. The van der Waals surface area contributed by atoms with Crippen molar-refractivity contribution in [3.63, 3.8) is 0 Å². The Balaban J connectivity index is 1.85. The van der Waals surface area contributed by atoms with Crippen molar-refractivity contribution >= 4 is 29.2 Å². The summed E-state index contributed by atoms with van der Waals surface area (Å²) in [5.41, 5.74) is 4.21. The summed E-state index contributed by atoms with van der Waals surface area (Å²) in [5.74, 6) is -0.279. The number of anilines is 1. The molecule has 0 saturated carbocycles. The highest BCUT2D eigenvalue weighted by Crippen LogP contribution is 2.02. The maximum absolute atomic E-state index is 12.7. The lowest BCUT2D eigenvalue weighted by molar-refractivity contribution is 0.628. The number of nitrogens with one attached hydrogen (secondary N) is 2. The van der Waals surface area contributed by atoms with E-state index in [4.69, 9.17) is 12.2 Å². The molecule has 0 fully saturated rings. The normalized spacial score (nSPS) is 10.4. The molecule has 1 heterocycles. The van der Waals surface area contributed by atoms with Gasteiger partial charge in [0.2, 0.25) is 0 Å². The fourth-order valence-corrected chi connectivity index (χ4v) is 1.48. The third-order valence-corrected chi connectivity index (χ3v) is 2.36. The van der Waals surface area contributed by atoms with Crippen LogP contribution in [0.3, 0.4) is 0 Å². The number of pyridine rings is 1. The highest BCUT2D eigenvalue weighted by atomic mass is 32.1. The summed E-state index contributed by atoms with van der Waals surface area (Å²) < 4.78 is 12.7. The minimum absolute atomic E-state index is 0.279. The lowest BCUT2D eigenvalue weighted by Crippen LogP contribution is -2.23. The van der Waals surface area contributed by atoms with E-state index in [2.05, 4.69) is 20.8 Å². The van der Waals surface area contributed by atoms with Gasteiger partial charge in [-0.15, -0.1) is 0 Å². The largest absolute Gasteiger partial charge is 0.330 e. The minimum Gasteiger partial charge on any atom is -0.330 e. The molecule has 2 rings (SSSR count). The Bertz CT molecular complexity index is 569. The molecule has 0 unspecified atom stereocenters. The number of halogens is 1. The van der Waals surface area contributed by atoms with Crippen LogP contribution in [0.5, 0.6) is 0 Å². The first kappa shape index (κ1) is 13.1. The molecule has 2 aromatic rings. The molecule has 1 aromatic heterocycles. The third-order valence-electron chi connectivity index (χ3n) is 2.17. The average Bonchev–Trinajstić information content (AvgIpc) is 2.42. The molecule has 1 aromatic carbocycles. The van der Waals surface area contributed by atoms with E-state index in [1.54, 1.807) is 36.8 Å². The van der Waals surface area contributed by atoms with Gasteiger partial charge in [0, 0.05) is 6.20 Å². The molecule has 0 aliphatic heterocycles. The van der Waals surface area contributed by atoms with Gasteiger partial charge >= 0.3 is 0 Å². The molecule has 0 amide bonds. The van der Waals surface area contributed by atoms with Crippen molar-refractivity contribution in [3.05, 3.63) is 60.2 Å². The molecule has 0 bridgehead atoms. The minimum atomic E-state index is -0.279. The van der Waals surface area contributed by atoms with Crippen molar-refractivity contribution in [1.82, 2.24) is 10.4 Å². The Labute approximate surface area is 115 Å². The van der Waals surface area contributed by atoms with E-state index in [1.165, 1.54) is 12.1 Å². The van der Waals surface area contributed by atoms with E-state index in [0.29, 0.717) is 5.11 Å². The molecular weight excluding hydrogens is 263 g/mol. The zero-order chi connectivity index (χ0) is 13.5. The number of aromatic nitrogens is 1. The fourth-order valence-electron chi connectivity index (χ4n) is 1.31. The molecule has 6 heteroatoms. The maximum atomic E-state index is 12.7. The highest BCUT2D eigenvalue weighted by molar-refractivity contribution is 7.80. The molecular formula is C13H11FN4S. The molecule has 4 nitrogen and oxygen atoms in total. The summed E-state index contributed by atoms with van der Waals surface area (Å²) in [6.07, 6.45) is 4.88. The SMILES string of the molecule is Fc1ccc(C=NNC(=S)Nc2cccnc2)cc1. The van der Waals surface area contributed by atoms with Gasteiger partial charge in [-0.3, -0.25) is 10.4 Å². The summed E-state index contributed by atoms with van der Waals surface area (Å²) in [5, 5.41) is 7.22. The van der Waals surface area contributed by atoms with Gasteiger partial charge in [0.15, 0.2) is 5.11 Å². The molecule has 96 valence electrons. The quantitative estimate of drug-likeness (QED) is 0.513. The van der Waals surface area contributed by atoms with Gasteiger partial charge in [0.05, 0.1) is 18.1 Å². The smallest absolute Gasteiger partial charge is 0.191 e.